The van der Waals surface area contributed by atoms with Crippen LogP contribution in [0.25, 0.3) is 5.57 Å². The molecule has 0 saturated carbocycles. The van der Waals surface area contributed by atoms with Crippen LogP contribution in [0.2, 0.25) is 5.02 Å². The largest absolute Gasteiger partial charge is 0.534 e. The Morgan fingerprint density at radius 1 is 1.04 bits per heavy atom. The Morgan fingerprint density at radius 2 is 1.75 bits per heavy atom. The topological polar surface area (TPSA) is 81.9 Å². The van der Waals surface area contributed by atoms with Gasteiger partial charge in [-0.05, 0) is 69.4 Å². The summed E-state index contributed by atoms with van der Waals surface area (Å²) in [4.78, 5) is 13.1. The molecular formula is C36H32ClF3NO6S+. The van der Waals surface area contributed by atoms with E-state index < -0.39 is 27.3 Å². The maximum atomic E-state index is 13.3. The molecule has 0 unspecified atom stereocenters. The predicted molar refractivity (Wildman–Crippen MR) is 176 cm³/mol. The third-order valence-electron chi connectivity index (χ3n) is 8.81. The van der Waals surface area contributed by atoms with Gasteiger partial charge in [0.15, 0.2) is 11.5 Å². The first-order valence-corrected chi connectivity index (χ1v) is 17.1. The summed E-state index contributed by atoms with van der Waals surface area (Å²) in [5, 5.41) is -0.386. The third-order valence-corrected chi connectivity index (χ3v) is 10.1. The average Bonchev–Trinajstić information content (AvgIpc) is 3.23. The van der Waals surface area contributed by atoms with Gasteiger partial charge in [-0.25, -0.2) is 4.79 Å². The van der Waals surface area contributed by atoms with E-state index >= 15 is 0 Å². The zero-order valence-corrected chi connectivity index (χ0v) is 28.1. The lowest BCUT2D eigenvalue weighted by Crippen LogP contribution is -2.28. The fourth-order valence-electron chi connectivity index (χ4n) is 6.59. The van der Waals surface area contributed by atoms with Crippen LogP contribution in [-0.4, -0.2) is 43.8 Å². The Bertz CT molecular complexity index is 2090. The summed E-state index contributed by atoms with van der Waals surface area (Å²) >= 11 is 6.37. The lowest BCUT2D eigenvalue weighted by Gasteiger charge is -2.31. The lowest BCUT2D eigenvalue weighted by atomic mass is 9.80. The molecule has 3 aliphatic rings. The van der Waals surface area contributed by atoms with Crippen molar-refractivity contribution >= 4 is 44.7 Å². The number of ether oxygens (including phenoxy) is 2. The van der Waals surface area contributed by atoms with Gasteiger partial charge in [0.2, 0.25) is 5.69 Å². The monoisotopic (exact) mass is 698 g/mol. The maximum Gasteiger partial charge on any atom is 0.534 e. The molecule has 2 heterocycles. The minimum absolute atomic E-state index is 0.0189. The Balaban J connectivity index is 1.55. The molecule has 0 spiro atoms. The minimum Gasteiger partial charge on any atom is -0.462 e. The molecule has 0 saturated heterocycles. The third kappa shape index (κ3) is 5.72. The molecule has 0 radical (unpaired) electrons. The molecule has 0 N–H and O–H groups in total. The highest BCUT2D eigenvalue weighted by Gasteiger charge is 2.49. The van der Waals surface area contributed by atoms with Gasteiger partial charge in [-0.2, -0.15) is 26.2 Å². The van der Waals surface area contributed by atoms with Crippen LogP contribution in [0.5, 0.6) is 11.5 Å². The number of allylic oxidation sites excluding steroid dienone is 4. The highest BCUT2D eigenvalue weighted by Crippen LogP contribution is 2.50. The van der Waals surface area contributed by atoms with Crippen molar-refractivity contribution < 1.29 is 44.6 Å². The molecule has 6 rings (SSSR count). The Labute approximate surface area is 281 Å². The van der Waals surface area contributed by atoms with Crippen molar-refractivity contribution in [3.8, 4) is 11.5 Å². The van der Waals surface area contributed by atoms with Gasteiger partial charge in [0.1, 0.15) is 18.6 Å². The number of nitrogens with zero attached hydrogens (tertiary/aromatic N) is 1. The number of para-hydroxylation sites is 1. The molecule has 3 aromatic carbocycles. The molecule has 0 bridgehead atoms. The molecule has 12 heteroatoms. The lowest BCUT2D eigenvalue weighted by molar-refractivity contribution is -0.401. The van der Waals surface area contributed by atoms with Gasteiger partial charge in [-0.15, -0.1) is 0 Å². The van der Waals surface area contributed by atoms with Gasteiger partial charge >= 0.3 is 21.6 Å². The molecule has 3 aromatic rings. The highest BCUT2D eigenvalue weighted by molar-refractivity contribution is 7.88. The van der Waals surface area contributed by atoms with Gasteiger partial charge < -0.3 is 13.7 Å². The Kier molecular flexibility index (Phi) is 8.58. The average molecular weight is 699 g/mol. The number of carbonyl (C=O) groups excluding carboxylic acids is 1. The van der Waals surface area contributed by atoms with Crippen LogP contribution in [0.1, 0.15) is 67.1 Å². The standard InChI is InChI=1S/C36H32ClF3NO6S/c1-5-45-34(42)23-13-7-6-12-22(23)32-24-14-10-11-21(17-18-31-35(2,3)26-15-8-9-16-28(26)41(31)4)33(24)46-29-20-30(27(37)19-25(29)32)47-48(43,44)36(38,39)40/h6-9,12-13,15-20H,5,10-11,14H2,1-4H3/q+1. The number of hydrogen-bond donors (Lipinski definition) is 0. The van der Waals surface area contributed by atoms with Crippen LogP contribution in [-0.2, 0) is 20.3 Å². The number of alkyl halides is 3. The Hall–Kier alpha value is -4.35. The molecule has 1 aliphatic carbocycles. The van der Waals surface area contributed by atoms with Gasteiger partial charge in [0.05, 0.1) is 22.6 Å². The normalized spacial score (nSPS) is 17.2. The number of fused-ring (bicyclic) bond motifs is 3. The van der Waals surface area contributed by atoms with E-state index in [-0.39, 0.29) is 28.4 Å². The zero-order chi connectivity index (χ0) is 34.6. The molecule has 7 nitrogen and oxygen atoms in total. The summed E-state index contributed by atoms with van der Waals surface area (Å²) in [6.07, 6.45) is 5.96. The summed E-state index contributed by atoms with van der Waals surface area (Å²) in [7, 11) is -4.02. The number of esters is 1. The predicted octanol–water partition coefficient (Wildman–Crippen LogP) is 8.64. The Morgan fingerprint density at radius 3 is 2.46 bits per heavy atom. The number of benzene rings is 3. The number of halogens is 4. The SMILES string of the molecule is CCOC(=O)c1ccccc1C1=C2CCCC(C=CC3=[N+](C)c4ccccc4C3(C)C)=C2Oc2cc(OS(=O)(=O)C(F)(F)F)c(Cl)cc21. The first-order valence-electron chi connectivity index (χ1n) is 15.3. The quantitative estimate of drug-likeness (QED) is 0.106. The van der Waals surface area contributed by atoms with Crippen molar-refractivity contribution in [2.24, 2.45) is 0 Å². The molecule has 0 amide bonds. The molecule has 0 aromatic heterocycles. The molecular weight excluding hydrogens is 667 g/mol. The van der Waals surface area contributed by atoms with Gasteiger partial charge in [-0.1, -0.05) is 48.0 Å². The fourth-order valence-corrected chi connectivity index (χ4v) is 7.31. The summed E-state index contributed by atoms with van der Waals surface area (Å²) in [6, 6.07) is 17.4. The van der Waals surface area contributed by atoms with Crippen LogP contribution in [0, 0.1) is 0 Å². The maximum absolute atomic E-state index is 13.3. The number of rotatable bonds is 7. The van der Waals surface area contributed by atoms with E-state index in [9.17, 15) is 26.4 Å². The van der Waals surface area contributed by atoms with Crippen LogP contribution < -0.4 is 8.92 Å². The smallest absolute Gasteiger partial charge is 0.462 e. The van der Waals surface area contributed by atoms with E-state index in [1.807, 2.05) is 31.3 Å². The number of carbonyl (C=O) groups is 1. The number of hydrogen-bond acceptors (Lipinski definition) is 6. The van der Waals surface area contributed by atoms with Gasteiger partial charge in [0.25, 0.3) is 0 Å². The van der Waals surface area contributed by atoms with E-state index in [0.717, 1.165) is 35.0 Å². The molecule has 250 valence electrons. The van der Waals surface area contributed by atoms with Gasteiger partial charge in [0, 0.05) is 40.5 Å². The van der Waals surface area contributed by atoms with E-state index in [1.165, 1.54) is 11.6 Å². The molecule has 2 aliphatic heterocycles. The van der Waals surface area contributed by atoms with Gasteiger partial charge in [-0.3, -0.25) is 0 Å². The van der Waals surface area contributed by atoms with Crippen LogP contribution in [0.3, 0.4) is 0 Å². The molecule has 48 heavy (non-hydrogen) atoms. The van der Waals surface area contributed by atoms with Crippen molar-refractivity contribution in [1.82, 2.24) is 0 Å². The molecule has 0 atom stereocenters. The van der Waals surface area contributed by atoms with Crippen molar-refractivity contribution in [3.05, 3.63) is 117 Å². The minimum atomic E-state index is -6.02. The summed E-state index contributed by atoms with van der Waals surface area (Å²) < 4.78 is 82.0. The van der Waals surface area contributed by atoms with Crippen molar-refractivity contribution in [2.45, 2.75) is 51.0 Å². The van der Waals surface area contributed by atoms with E-state index in [1.54, 1.807) is 31.2 Å². The zero-order valence-electron chi connectivity index (χ0n) is 26.6. The summed E-state index contributed by atoms with van der Waals surface area (Å²) in [6.45, 7) is 6.14. The second-order valence-electron chi connectivity index (χ2n) is 12.1. The van der Waals surface area contributed by atoms with Crippen molar-refractivity contribution in [3.63, 3.8) is 0 Å². The first-order chi connectivity index (χ1) is 22.7. The van der Waals surface area contributed by atoms with E-state index in [2.05, 4.69) is 34.7 Å². The van der Waals surface area contributed by atoms with Crippen molar-refractivity contribution in [2.75, 3.05) is 13.7 Å². The highest BCUT2D eigenvalue weighted by atomic mass is 35.5. The van der Waals surface area contributed by atoms with E-state index in [4.69, 9.17) is 21.1 Å². The second kappa shape index (κ2) is 12.3. The van der Waals surface area contributed by atoms with Crippen LogP contribution >= 0.6 is 11.6 Å². The second-order valence-corrected chi connectivity index (χ2v) is 14.1. The summed E-state index contributed by atoms with van der Waals surface area (Å²) in [5.74, 6) is -0.821. The van der Waals surface area contributed by atoms with Crippen LogP contribution in [0.4, 0.5) is 18.9 Å². The van der Waals surface area contributed by atoms with E-state index in [0.29, 0.717) is 35.3 Å². The summed E-state index contributed by atoms with van der Waals surface area (Å²) in [5.41, 5.74) is 0.676. The molecule has 0 fully saturated rings. The fraction of sp³-hybridized carbons (Fsp3) is 0.278. The van der Waals surface area contributed by atoms with Crippen LogP contribution in [0.15, 0.2) is 89.7 Å². The first kappa shape index (κ1) is 33.5. The van der Waals surface area contributed by atoms with Crippen molar-refractivity contribution in [1.29, 1.82) is 0 Å².